The molecule has 0 radical (unpaired) electrons. The van der Waals surface area contributed by atoms with Gasteiger partial charge in [0.25, 0.3) is 0 Å². The normalized spacial score (nSPS) is 13.8. The molecule has 0 aromatic carbocycles. The monoisotopic (exact) mass is 647 g/mol. The average Bonchev–Trinajstić information content (AvgIpc) is 3.01. The van der Waals surface area contributed by atoms with Crippen LogP contribution in [0.25, 0.3) is 0 Å². The third kappa shape index (κ3) is 32.6. The first-order chi connectivity index (χ1) is 21.4. The minimum absolute atomic E-state index is 0.0936. The summed E-state index contributed by atoms with van der Waals surface area (Å²) in [6, 6.07) is 0. The maximum Gasteiger partial charge on any atom is 0.472 e. The zero-order chi connectivity index (χ0) is 32.4. The van der Waals surface area contributed by atoms with Gasteiger partial charge in [-0.2, -0.15) is 0 Å². The maximum absolute atomic E-state index is 12.4. The molecule has 0 aromatic rings. The van der Waals surface area contributed by atoms with Crippen molar-refractivity contribution in [2.75, 3.05) is 33.0 Å². The van der Waals surface area contributed by atoms with Crippen LogP contribution in [0.3, 0.4) is 0 Å². The van der Waals surface area contributed by atoms with Crippen molar-refractivity contribution in [3.63, 3.8) is 0 Å². The number of nitrogens with two attached hydrogens (primary N) is 1. The SMILES string of the molecule is CCCCCCCC/C=C\CCCCCCCCCCOCC(COP(=O)(O)OCCN)OC(=O)CCCCCCCCC. The topological polar surface area (TPSA) is 117 Å². The van der Waals surface area contributed by atoms with Crippen LogP contribution in [-0.2, 0) is 27.9 Å². The Morgan fingerprint density at radius 3 is 1.66 bits per heavy atom. The van der Waals surface area contributed by atoms with Crippen molar-refractivity contribution in [3.05, 3.63) is 12.2 Å². The van der Waals surface area contributed by atoms with Gasteiger partial charge in [0.05, 0.1) is 19.8 Å². The van der Waals surface area contributed by atoms with Crippen LogP contribution in [0, 0.1) is 0 Å². The molecule has 0 bridgehead atoms. The Bertz CT molecular complexity index is 692. The number of carbonyl (C=O) groups is 1. The molecular weight excluding hydrogens is 577 g/mol. The second-order valence-electron chi connectivity index (χ2n) is 12.1. The van der Waals surface area contributed by atoms with Crippen molar-refractivity contribution in [2.45, 2.75) is 174 Å². The Morgan fingerprint density at radius 1 is 0.659 bits per heavy atom. The van der Waals surface area contributed by atoms with E-state index in [0.717, 1.165) is 32.1 Å². The van der Waals surface area contributed by atoms with Gasteiger partial charge in [-0.15, -0.1) is 0 Å². The first kappa shape index (κ1) is 43.2. The lowest BCUT2D eigenvalue weighted by molar-refractivity contribution is -0.154. The largest absolute Gasteiger partial charge is 0.472 e. The average molecular weight is 648 g/mol. The highest BCUT2D eigenvalue weighted by Gasteiger charge is 2.25. The van der Waals surface area contributed by atoms with Gasteiger partial charge in [0, 0.05) is 19.6 Å². The lowest BCUT2D eigenvalue weighted by Gasteiger charge is -2.20. The second kappa shape index (κ2) is 33.6. The van der Waals surface area contributed by atoms with Crippen molar-refractivity contribution >= 4 is 13.8 Å². The fourth-order valence-corrected chi connectivity index (χ4v) is 5.76. The molecule has 262 valence electrons. The van der Waals surface area contributed by atoms with Crippen molar-refractivity contribution < 1.29 is 32.8 Å². The molecule has 9 heteroatoms. The Balaban J connectivity index is 3.97. The molecule has 0 aliphatic heterocycles. The molecule has 0 saturated carbocycles. The van der Waals surface area contributed by atoms with Crippen LogP contribution in [-0.4, -0.2) is 49.9 Å². The number of carbonyl (C=O) groups excluding carboxylic acids is 1. The summed E-state index contributed by atoms with van der Waals surface area (Å²) in [7, 11) is -4.26. The molecule has 8 nitrogen and oxygen atoms in total. The minimum atomic E-state index is -4.26. The number of ether oxygens (including phenoxy) is 2. The van der Waals surface area contributed by atoms with Crippen molar-refractivity contribution in [2.24, 2.45) is 5.73 Å². The number of phosphoric acid groups is 1. The van der Waals surface area contributed by atoms with E-state index in [1.807, 2.05) is 0 Å². The summed E-state index contributed by atoms with van der Waals surface area (Å²) in [5.41, 5.74) is 5.33. The minimum Gasteiger partial charge on any atom is -0.457 e. The quantitative estimate of drug-likeness (QED) is 0.0302. The van der Waals surface area contributed by atoms with E-state index in [1.54, 1.807) is 0 Å². The number of phosphoric ester groups is 1. The summed E-state index contributed by atoms with van der Waals surface area (Å²) in [5.74, 6) is -0.337. The smallest absolute Gasteiger partial charge is 0.457 e. The van der Waals surface area contributed by atoms with Crippen LogP contribution in [0.5, 0.6) is 0 Å². The zero-order valence-electron chi connectivity index (χ0n) is 28.7. The maximum atomic E-state index is 12.4. The van der Waals surface area contributed by atoms with Crippen LogP contribution in [0.15, 0.2) is 12.2 Å². The van der Waals surface area contributed by atoms with E-state index in [2.05, 4.69) is 26.0 Å². The highest BCUT2D eigenvalue weighted by molar-refractivity contribution is 7.47. The number of hydrogen-bond acceptors (Lipinski definition) is 7. The molecule has 2 unspecified atom stereocenters. The van der Waals surface area contributed by atoms with Crippen molar-refractivity contribution in [1.29, 1.82) is 0 Å². The number of unbranched alkanes of at least 4 members (excludes halogenated alkanes) is 20. The van der Waals surface area contributed by atoms with Crippen molar-refractivity contribution in [3.8, 4) is 0 Å². The number of rotatable bonds is 35. The van der Waals surface area contributed by atoms with Crippen LogP contribution < -0.4 is 5.73 Å². The standard InChI is InChI=1S/C35H70NO7P/c1-3-5-7-9-11-12-13-14-15-16-17-18-19-20-21-23-25-27-30-40-32-34(33-42-44(38,39)41-31-29-36)43-35(37)28-26-24-22-10-8-6-4-2/h14-15,34H,3-13,16-33,36H2,1-2H3,(H,38,39)/b15-14-. The Morgan fingerprint density at radius 2 is 1.14 bits per heavy atom. The Kier molecular flexibility index (Phi) is 33.0. The molecule has 0 fully saturated rings. The van der Waals surface area contributed by atoms with Gasteiger partial charge in [-0.1, -0.05) is 135 Å². The van der Waals surface area contributed by atoms with Crippen LogP contribution >= 0.6 is 7.82 Å². The predicted octanol–water partition coefficient (Wildman–Crippen LogP) is 9.97. The fraction of sp³-hybridized carbons (Fsp3) is 0.914. The van der Waals surface area contributed by atoms with Crippen LogP contribution in [0.4, 0.5) is 0 Å². The van der Waals surface area contributed by atoms with Gasteiger partial charge in [-0.05, 0) is 38.5 Å². The first-order valence-corrected chi connectivity index (χ1v) is 19.7. The fourth-order valence-electron chi connectivity index (χ4n) is 4.99. The van der Waals surface area contributed by atoms with Gasteiger partial charge < -0.3 is 20.1 Å². The summed E-state index contributed by atoms with van der Waals surface area (Å²) in [6.45, 7) is 4.87. The molecule has 0 heterocycles. The lowest BCUT2D eigenvalue weighted by atomic mass is 10.1. The Labute approximate surface area is 271 Å². The molecule has 0 rings (SSSR count). The second-order valence-corrected chi connectivity index (χ2v) is 13.5. The third-order valence-corrected chi connectivity index (χ3v) is 8.67. The molecule has 0 aromatic heterocycles. The number of hydrogen-bond donors (Lipinski definition) is 2. The highest BCUT2D eigenvalue weighted by atomic mass is 31.2. The molecule has 0 aliphatic carbocycles. The van der Waals surface area contributed by atoms with E-state index in [9.17, 15) is 14.3 Å². The third-order valence-electron chi connectivity index (χ3n) is 7.68. The highest BCUT2D eigenvalue weighted by Crippen LogP contribution is 2.43. The van der Waals surface area contributed by atoms with Gasteiger partial charge in [-0.25, -0.2) is 4.57 Å². The Hall–Kier alpha value is -0.760. The van der Waals surface area contributed by atoms with Gasteiger partial charge in [-0.3, -0.25) is 13.8 Å². The molecule has 3 N–H and O–H groups in total. The van der Waals surface area contributed by atoms with Gasteiger partial charge in [0.1, 0.15) is 6.10 Å². The van der Waals surface area contributed by atoms with E-state index in [4.69, 9.17) is 24.3 Å². The van der Waals surface area contributed by atoms with Gasteiger partial charge >= 0.3 is 13.8 Å². The molecule has 0 amide bonds. The van der Waals surface area contributed by atoms with Gasteiger partial charge in [0.2, 0.25) is 0 Å². The van der Waals surface area contributed by atoms with Crippen LogP contribution in [0.2, 0.25) is 0 Å². The van der Waals surface area contributed by atoms with E-state index in [-0.39, 0.29) is 32.3 Å². The van der Waals surface area contributed by atoms with Crippen LogP contribution in [0.1, 0.15) is 168 Å². The summed E-state index contributed by atoms with van der Waals surface area (Å²) in [6.07, 6.45) is 32.4. The van der Waals surface area contributed by atoms with E-state index in [1.165, 1.54) is 116 Å². The summed E-state index contributed by atoms with van der Waals surface area (Å²) < 4.78 is 33.1. The lowest BCUT2D eigenvalue weighted by Crippen LogP contribution is -2.28. The predicted molar refractivity (Wildman–Crippen MR) is 183 cm³/mol. The summed E-state index contributed by atoms with van der Waals surface area (Å²) >= 11 is 0. The summed E-state index contributed by atoms with van der Waals surface area (Å²) in [5, 5.41) is 0. The molecule has 0 aliphatic rings. The van der Waals surface area contributed by atoms with E-state index < -0.39 is 13.9 Å². The first-order valence-electron chi connectivity index (χ1n) is 18.2. The molecule has 0 spiro atoms. The number of esters is 1. The zero-order valence-corrected chi connectivity index (χ0v) is 29.6. The molecule has 0 saturated heterocycles. The van der Waals surface area contributed by atoms with E-state index >= 15 is 0 Å². The number of allylic oxidation sites excluding steroid dienone is 2. The van der Waals surface area contributed by atoms with E-state index in [0.29, 0.717) is 13.0 Å². The van der Waals surface area contributed by atoms with Gasteiger partial charge in [0.15, 0.2) is 0 Å². The molecular formula is C35H70NO7P. The molecule has 2 atom stereocenters. The van der Waals surface area contributed by atoms with Crippen molar-refractivity contribution in [1.82, 2.24) is 0 Å². The molecule has 44 heavy (non-hydrogen) atoms. The summed E-state index contributed by atoms with van der Waals surface area (Å²) in [4.78, 5) is 22.2.